The van der Waals surface area contributed by atoms with Gasteiger partial charge in [0.2, 0.25) is 5.91 Å². The molecule has 1 saturated heterocycles. The van der Waals surface area contributed by atoms with Crippen molar-refractivity contribution in [2.75, 3.05) is 33.2 Å². The first-order chi connectivity index (χ1) is 11.9. The molecule has 0 atom stereocenters. The SMILES string of the molecule is CN=C(NCc1nnc2n1CCC2)N1CCN(C(C)(C)C(N)=O)CC1.I. The van der Waals surface area contributed by atoms with Crippen molar-refractivity contribution < 1.29 is 4.79 Å². The number of carbonyl (C=O) groups is 1. The molecule has 2 aliphatic heterocycles. The van der Waals surface area contributed by atoms with Gasteiger partial charge in [0.15, 0.2) is 11.8 Å². The number of nitrogens with one attached hydrogen (secondary N) is 1. The van der Waals surface area contributed by atoms with Crippen LogP contribution in [0.2, 0.25) is 0 Å². The molecule has 3 rings (SSSR count). The summed E-state index contributed by atoms with van der Waals surface area (Å²) in [4.78, 5) is 20.4. The minimum atomic E-state index is -0.620. The zero-order valence-corrected chi connectivity index (χ0v) is 18.1. The molecule has 9 nitrogen and oxygen atoms in total. The van der Waals surface area contributed by atoms with Crippen molar-refractivity contribution in [3.63, 3.8) is 0 Å². The molecule has 1 amide bonds. The van der Waals surface area contributed by atoms with E-state index in [-0.39, 0.29) is 29.9 Å². The molecule has 0 aliphatic carbocycles. The molecule has 1 aromatic rings. The molecule has 1 aromatic heterocycles. The number of amides is 1. The highest BCUT2D eigenvalue weighted by molar-refractivity contribution is 14.0. The minimum absolute atomic E-state index is 0. The van der Waals surface area contributed by atoms with Crippen molar-refractivity contribution in [2.45, 2.75) is 45.3 Å². The normalized spacial score (nSPS) is 18.4. The first kappa shape index (κ1) is 20.9. The summed E-state index contributed by atoms with van der Waals surface area (Å²) in [5.74, 6) is 2.60. The molecule has 10 heteroatoms. The fourth-order valence-electron chi connectivity index (χ4n) is 3.47. The van der Waals surface area contributed by atoms with Crippen LogP contribution in [0.15, 0.2) is 4.99 Å². The van der Waals surface area contributed by atoms with Crippen LogP contribution in [0.1, 0.15) is 31.9 Å². The average molecular weight is 476 g/mol. The van der Waals surface area contributed by atoms with Gasteiger partial charge >= 0.3 is 0 Å². The van der Waals surface area contributed by atoms with Gasteiger partial charge in [0.1, 0.15) is 5.82 Å². The number of fused-ring (bicyclic) bond motifs is 1. The summed E-state index contributed by atoms with van der Waals surface area (Å²) in [5.41, 5.74) is 4.90. The summed E-state index contributed by atoms with van der Waals surface area (Å²) in [7, 11) is 1.79. The van der Waals surface area contributed by atoms with Crippen LogP contribution in [0.4, 0.5) is 0 Å². The Morgan fingerprint density at radius 2 is 1.92 bits per heavy atom. The number of piperazine rings is 1. The number of halogens is 1. The number of carbonyl (C=O) groups excluding carboxylic acids is 1. The molecule has 0 unspecified atom stereocenters. The average Bonchev–Trinajstić information content (AvgIpc) is 3.20. The maximum atomic E-state index is 11.6. The van der Waals surface area contributed by atoms with E-state index in [9.17, 15) is 4.79 Å². The van der Waals surface area contributed by atoms with E-state index in [1.54, 1.807) is 7.05 Å². The number of primary amides is 1. The van der Waals surface area contributed by atoms with Crippen LogP contribution < -0.4 is 11.1 Å². The minimum Gasteiger partial charge on any atom is -0.368 e. The van der Waals surface area contributed by atoms with E-state index in [4.69, 9.17) is 5.73 Å². The predicted octanol–water partition coefficient (Wildman–Crippen LogP) is -0.201. The fourth-order valence-corrected chi connectivity index (χ4v) is 3.47. The molecule has 26 heavy (non-hydrogen) atoms. The van der Waals surface area contributed by atoms with Gasteiger partial charge in [0, 0.05) is 46.2 Å². The number of aryl methyl sites for hydroxylation is 1. The van der Waals surface area contributed by atoms with E-state index in [0.29, 0.717) is 6.54 Å². The summed E-state index contributed by atoms with van der Waals surface area (Å²) in [6.45, 7) is 8.52. The van der Waals surface area contributed by atoms with E-state index < -0.39 is 5.54 Å². The van der Waals surface area contributed by atoms with Crippen molar-refractivity contribution >= 4 is 35.8 Å². The molecular weight excluding hydrogens is 447 g/mol. The summed E-state index contributed by atoms with van der Waals surface area (Å²) in [6.07, 6.45) is 2.16. The van der Waals surface area contributed by atoms with Gasteiger partial charge in [-0.05, 0) is 20.3 Å². The quantitative estimate of drug-likeness (QED) is 0.355. The van der Waals surface area contributed by atoms with Gasteiger partial charge in [-0.15, -0.1) is 34.2 Å². The lowest BCUT2D eigenvalue weighted by Gasteiger charge is -2.43. The maximum Gasteiger partial charge on any atom is 0.237 e. The number of hydrogen-bond donors (Lipinski definition) is 2. The highest BCUT2D eigenvalue weighted by atomic mass is 127. The summed E-state index contributed by atoms with van der Waals surface area (Å²) in [6, 6.07) is 0. The molecule has 0 bridgehead atoms. The lowest BCUT2D eigenvalue weighted by molar-refractivity contribution is -0.129. The third-order valence-electron chi connectivity index (χ3n) is 5.28. The van der Waals surface area contributed by atoms with Gasteiger partial charge in [-0.25, -0.2) is 0 Å². The second-order valence-corrected chi connectivity index (χ2v) is 7.09. The van der Waals surface area contributed by atoms with Crippen LogP contribution >= 0.6 is 24.0 Å². The number of nitrogens with zero attached hydrogens (tertiary/aromatic N) is 6. The van der Waals surface area contributed by atoms with E-state index in [1.807, 2.05) is 13.8 Å². The van der Waals surface area contributed by atoms with E-state index in [0.717, 1.165) is 63.2 Å². The standard InChI is InChI=1S/C16H28N8O.HI/c1-16(2,14(17)25)23-9-7-22(8-10-23)15(18-3)19-11-13-21-20-12-5-4-6-24(12)13;/h4-11H2,1-3H3,(H2,17,25)(H,18,19);1H. The van der Waals surface area contributed by atoms with Gasteiger partial charge in [-0.3, -0.25) is 14.7 Å². The molecule has 0 saturated carbocycles. The zero-order chi connectivity index (χ0) is 18.0. The first-order valence-corrected chi connectivity index (χ1v) is 8.85. The Bertz CT molecular complexity index is 663. The third-order valence-corrected chi connectivity index (χ3v) is 5.28. The molecule has 146 valence electrons. The van der Waals surface area contributed by atoms with Crippen molar-refractivity contribution in [3.8, 4) is 0 Å². The lowest BCUT2D eigenvalue weighted by atomic mass is 10.0. The van der Waals surface area contributed by atoms with Crippen LogP contribution in [-0.2, 0) is 24.3 Å². The maximum absolute atomic E-state index is 11.6. The number of aliphatic imine (C=N–C) groups is 1. The Hall–Kier alpha value is -1.43. The van der Waals surface area contributed by atoms with Gasteiger partial charge in [-0.2, -0.15) is 0 Å². The van der Waals surface area contributed by atoms with Crippen LogP contribution in [0, 0.1) is 0 Å². The molecule has 1 fully saturated rings. The number of rotatable bonds is 4. The van der Waals surface area contributed by atoms with Crippen molar-refractivity contribution in [3.05, 3.63) is 11.6 Å². The third kappa shape index (κ3) is 4.11. The summed E-state index contributed by atoms with van der Waals surface area (Å²) < 4.78 is 2.19. The Kier molecular flexibility index (Phi) is 6.83. The van der Waals surface area contributed by atoms with Gasteiger partial charge in [-0.1, -0.05) is 0 Å². The summed E-state index contributed by atoms with van der Waals surface area (Å²) >= 11 is 0. The molecule has 2 aliphatic rings. The number of hydrogen-bond acceptors (Lipinski definition) is 5. The van der Waals surface area contributed by atoms with Gasteiger partial charge < -0.3 is 20.5 Å². The van der Waals surface area contributed by atoms with Crippen molar-refractivity contribution in [2.24, 2.45) is 10.7 Å². The monoisotopic (exact) mass is 476 g/mol. The molecular formula is C16H29IN8O. The molecule has 0 aromatic carbocycles. The van der Waals surface area contributed by atoms with E-state index in [1.165, 1.54) is 0 Å². The number of nitrogens with two attached hydrogens (primary N) is 1. The first-order valence-electron chi connectivity index (χ1n) is 8.85. The molecule has 0 radical (unpaired) electrons. The van der Waals surface area contributed by atoms with Crippen LogP contribution in [0.3, 0.4) is 0 Å². The number of guanidine groups is 1. The summed E-state index contributed by atoms with van der Waals surface area (Å²) in [5, 5.41) is 11.9. The second-order valence-electron chi connectivity index (χ2n) is 7.09. The Morgan fingerprint density at radius 3 is 2.54 bits per heavy atom. The van der Waals surface area contributed by atoms with Gasteiger partial charge in [0.25, 0.3) is 0 Å². The molecule has 0 spiro atoms. The second kappa shape index (κ2) is 8.51. The van der Waals surface area contributed by atoms with Crippen molar-refractivity contribution in [1.82, 2.24) is 29.9 Å². The van der Waals surface area contributed by atoms with E-state index in [2.05, 4.69) is 34.9 Å². The van der Waals surface area contributed by atoms with Gasteiger partial charge in [0.05, 0.1) is 12.1 Å². The molecule has 3 heterocycles. The Labute approximate surface area is 171 Å². The van der Waals surface area contributed by atoms with Crippen LogP contribution in [0.5, 0.6) is 0 Å². The van der Waals surface area contributed by atoms with E-state index >= 15 is 0 Å². The smallest absolute Gasteiger partial charge is 0.237 e. The largest absolute Gasteiger partial charge is 0.368 e. The Balaban J connectivity index is 0.00000243. The lowest BCUT2D eigenvalue weighted by Crippen LogP contribution is -2.61. The van der Waals surface area contributed by atoms with Crippen LogP contribution in [0.25, 0.3) is 0 Å². The number of aromatic nitrogens is 3. The van der Waals surface area contributed by atoms with Crippen LogP contribution in [-0.4, -0.2) is 75.2 Å². The molecule has 3 N–H and O–H groups in total. The Morgan fingerprint density at radius 1 is 1.23 bits per heavy atom. The highest BCUT2D eigenvalue weighted by Crippen LogP contribution is 2.17. The fraction of sp³-hybridized carbons (Fsp3) is 0.750. The van der Waals surface area contributed by atoms with Crippen molar-refractivity contribution in [1.29, 1.82) is 0 Å². The zero-order valence-electron chi connectivity index (χ0n) is 15.7. The predicted molar refractivity (Wildman–Crippen MR) is 110 cm³/mol. The topological polar surface area (TPSA) is 105 Å². The highest BCUT2D eigenvalue weighted by Gasteiger charge is 2.35.